The Morgan fingerprint density at radius 2 is 0.816 bits per heavy atom. The molecule has 3 aliphatic rings. The average molecular weight is 1230 g/mol. The zero-order valence-electron chi connectivity index (χ0n) is 51.9. The van der Waals surface area contributed by atoms with E-state index in [4.69, 9.17) is 28.4 Å². The molecule has 496 valence electrons. The first-order valence-electron chi connectivity index (χ1n) is 32.3. The van der Waals surface area contributed by atoms with Gasteiger partial charge in [0.25, 0.3) is 0 Å². The minimum Gasteiger partial charge on any atom is -0.394 e. The molecule has 0 aromatic carbocycles. The highest BCUT2D eigenvalue weighted by molar-refractivity contribution is 5.76. The van der Waals surface area contributed by atoms with Crippen LogP contribution in [-0.4, -0.2) is 193 Å². The van der Waals surface area contributed by atoms with Crippen molar-refractivity contribution in [1.29, 1.82) is 0 Å². The van der Waals surface area contributed by atoms with Gasteiger partial charge in [-0.2, -0.15) is 0 Å². The van der Waals surface area contributed by atoms with Gasteiger partial charge in [-0.3, -0.25) is 4.79 Å². The van der Waals surface area contributed by atoms with Crippen LogP contribution in [0.2, 0.25) is 0 Å². The van der Waals surface area contributed by atoms with Gasteiger partial charge in [0, 0.05) is 6.42 Å². The summed E-state index contributed by atoms with van der Waals surface area (Å²) in [6.07, 6.45) is 39.5. The van der Waals surface area contributed by atoms with Gasteiger partial charge in [0.2, 0.25) is 5.91 Å². The van der Waals surface area contributed by atoms with Gasteiger partial charge in [-0.25, -0.2) is 0 Å². The number of aliphatic hydroxyl groups is 11. The molecule has 0 bridgehead atoms. The number of ether oxygens (including phenoxy) is 6. The number of hydrogen-bond acceptors (Lipinski definition) is 18. The van der Waals surface area contributed by atoms with Gasteiger partial charge in [-0.05, 0) is 96.8 Å². The van der Waals surface area contributed by atoms with Crippen LogP contribution in [0.3, 0.4) is 0 Å². The van der Waals surface area contributed by atoms with Crippen molar-refractivity contribution in [3.63, 3.8) is 0 Å². The van der Waals surface area contributed by atoms with Crippen LogP contribution in [0.5, 0.6) is 0 Å². The molecule has 0 aliphatic carbocycles. The molecule has 0 radical (unpaired) electrons. The molecule has 19 nitrogen and oxygen atoms in total. The van der Waals surface area contributed by atoms with E-state index in [0.717, 1.165) is 96.3 Å². The molecule has 12 N–H and O–H groups in total. The van der Waals surface area contributed by atoms with Crippen LogP contribution in [0, 0.1) is 0 Å². The standard InChI is InChI=1S/C68H111NO18/c1-3-5-7-9-11-13-14-15-16-17-18-19-20-21-22-23-24-25-26-27-28-29-30-31-32-33-34-35-36-38-40-42-44-46-56(74)69-51(52(73)45-43-41-39-37-12-10-8-6-4-2)50-82-66-62(80)59(77)64(54(48-71)84-66)87-68-63(81)60(78)65(55(49-72)85-68)86-67-61(79)58(76)57(75)53(47-70)83-67/h4-7,11-13,15-16,18-19,21-22,24-25,27-28,37,43,45,51-55,57-68,70-73,75-81H,3,8-10,14,17,20,23,26,29-36,38-42,44,46-50H2,1-2H3,(H,69,74)/b6-4+,7-5-,13-11-,16-15-,19-18-,22-21-,25-24-,28-27-,37-12+,45-43+. The first-order chi connectivity index (χ1) is 42.3. The maximum absolute atomic E-state index is 13.3. The molecule has 3 aliphatic heterocycles. The molecule has 0 aromatic heterocycles. The molecule has 1 amide bonds. The van der Waals surface area contributed by atoms with E-state index in [1.807, 2.05) is 13.0 Å². The molecular formula is C68H111NO18. The molecule has 17 unspecified atom stereocenters. The zero-order chi connectivity index (χ0) is 63.3. The lowest BCUT2D eigenvalue weighted by Crippen LogP contribution is -2.66. The van der Waals surface area contributed by atoms with E-state index < -0.39 is 124 Å². The Kier molecular flexibility index (Phi) is 43.6. The first-order valence-corrected chi connectivity index (χ1v) is 32.3. The van der Waals surface area contributed by atoms with Crippen LogP contribution in [0.1, 0.15) is 168 Å². The lowest BCUT2D eigenvalue weighted by atomic mass is 9.96. The van der Waals surface area contributed by atoms with E-state index in [-0.39, 0.29) is 18.9 Å². The van der Waals surface area contributed by atoms with Crippen molar-refractivity contribution in [1.82, 2.24) is 5.32 Å². The van der Waals surface area contributed by atoms with Crippen molar-refractivity contribution < 1.29 is 89.4 Å². The van der Waals surface area contributed by atoms with Gasteiger partial charge in [-0.15, -0.1) is 0 Å². The number of amides is 1. The van der Waals surface area contributed by atoms with Gasteiger partial charge in [0.05, 0.1) is 38.6 Å². The van der Waals surface area contributed by atoms with Crippen LogP contribution >= 0.6 is 0 Å². The third-order valence-corrected chi connectivity index (χ3v) is 15.3. The van der Waals surface area contributed by atoms with Crippen LogP contribution in [0.15, 0.2) is 122 Å². The molecule has 3 fully saturated rings. The van der Waals surface area contributed by atoms with Gasteiger partial charge in [-0.1, -0.05) is 186 Å². The maximum atomic E-state index is 13.3. The van der Waals surface area contributed by atoms with Crippen molar-refractivity contribution in [2.75, 3.05) is 26.4 Å². The third-order valence-electron chi connectivity index (χ3n) is 15.3. The molecule has 3 rings (SSSR count). The fourth-order valence-electron chi connectivity index (χ4n) is 10.1. The number of nitrogens with one attached hydrogen (secondary N) is 1. The van der Waals surface area contributed by atoms with E-state index in [1.165, 1.54) is 38.5 Å². The summed E-state index contributed by atoms with van der Waals surface area (Å²) in [5.41, 5.74) is 0. The third kappa shape index (κ3) is 31.7. The number of hydrogen-bond donors (Lipinski definition) is 12. The van der Waals surface area contributed by atoms with Crippen LogP contribution in [-0.2, 0) is 33.2 Å². The predicted molar refractivity (Wildman–Crippen MR) is 336 cm³/mol. The molecule has 3 heterocycles. The van der Waals surface area contributed by atoms with Crippen molar-refractivity contribution in [2.24, 2.45) is 0 Å². The first kappa shape index (κ1) is 77.4. The van der Waals surface area contributed by atoms with Crippen LogP contribution in [0.4, 0.5) is 0 Å². The average Bonchev–Trinajstić information content (AvgIpc) is 3.66. The number of carbonyl (C=O) groups excluding carboxylic acids is 1. The minimum absolute atomic E-state index is 0.219. The number of allylic oxidation sites excluding steroid dienone is 19. The number of aliphatic hydroxyl groups excluding tert-OH is 11. The van der Waals surface area contributed by atoms with E-state index in [2.05, 4.69) is 116 Å². The van der Waals surface area contributed by atoms with Crippen molar-refractivity contribution >= 4 is 5.91 Å². The summed E-state index contributed by atoms with van der Waals surface area (Å²) in [6, 6.07) is -1.00. The van der Waals surface area contributed by atoms with Gasteiger partial charge in [0.1, 0.15) is 73.2 Å². The SMILES string of the molecule is C/C=C/CC/C=C/CC/C=C/C(O)C(COC1OC(CO)C(OC2OC(CO)C(OC3OC(CO)C(O)C(O)C3O)C(O)C2O)C(O)C1O)NC(=O)CCCCCCCCCCCCC/C=C\C/C=C\C/C=C\C/C=C\C/C=C\C/C=C\C/C=C\CC. The lowest BCUT2D eigenvalue weighted by molar-refractivity contribution is -0.379. The van der Waals surface area contributed by atoms with Crippen molar-refractivity contribution in [3.05, 3.63) is 122 Å². The summed E-state index contributed by atoms with van der Waals surface area (Å²) in [4.78, 5) is 13.3. The Balaban J connectivity index is 1.36. The molecule has 87 heavy (non-hydrogen) atoms. The van der Waals surface area contributed by atoms with Crippen LogP contribution < -0.4 is 5.32 Å². The quantitative estimate of drug-likeness (QED) is 0.0211. The van der Waals surface area contributed by atoms with E-state index in [1.54, 1.807) is 12.2 Å². The van der Waals surface area contributed by atoms with E-state index >= 15 is 0 Å². The fourth-order valence-corrected chi connectivity index (χ4v) is 10.1. The highest BCUT2D eigenvalue weighted by Crippen LogP contribution is 2.33. The van der Waals surface area contributed by atoms with Gasteiger partial charge < -0.3 is 89.9 Å². The van der Waals surface area contributed by atoms with Gasteiger partial charge in [0.15, 0.2) is 18.9 Å². The van der Waals surface area contributed by atoms with Crippen molar-refractivity contribution in [3.8, 4) is 0 Å². The van der Waals surface area contributed by atoms with E-state index in [9.17, 15) is 61.0 Å². The number of carbonyl (C=O) groups is 1. The summed E-state index contributed by atoms with van der Waals surface area (Å²) >= 11 is 0. The molecule has 17 atom stereocenters. The largest absolute Gasteiger partial charge is 0.394 e. The van der Waals surface area contributed by atoms with Crippen LogP contribution in [0.25, 0.3) is 0 Å². The molecule has 0 saturated carbocycles. The van der Waals surface area contributed by atoms with Gasteiger partial charge >= 0.3 is 0 Å². The molecule has 0 aromatic rings. The molecular weight excluding hydrogens is 1120 g/mol. The molecule has 0 spiro atoms. The minimum atomic E-state index is -1.99. The number of unbranched alkanes of at least 4 members (excludes halogenated alkanes) is 13. The Hall–Kier alpha value is -3.81. The van der Waals surface area contributed by atoms with Crippen molar-refractivity contribution in [2.45, 2.75) is 272 Å². The Morgan fingerprint density at radius 1 is 0.437 bits per heavy atom. The summed E-state index contributed by atoms with van der Waals surface area (Å²) in [5.74, 6) is -0.303. The van der Waals surface area contributed by atoms with E-state index in [0.29, 0.717) is 12.8 Å². The summed E-state index contributed by atoms with van der Waals surface area (Å²) < 4.78 is 34.2. The smallest absolute Gasteiger partial charge is 0.220 e. The predicted octanol–water partition coefficient (Wildman–Crippen LogP) is 7.26. The normalized spacial score (nSPS) is 29.4. The summed E-state index contributed by atoms with van der Waals surface area (Å²) in [6.45, 7) is 1.30. The fraction of sp³-hybridized carbons (Fsp3) is 0.691. The second kappa shape index (κ2) is 49.0. The Bertz CT molecular complexity index is 2050. The summed E-state index contributed by atoms with van der Waals surface area (Å²) in [7, 11) is 0. The Labute approximate surface area is 518 Å². The molecule has 19 heteroatoms. The second-order valence-corrected chi connectivity index (χ2v) is 22.5. The topological polar surface area (TPSA) is 307 Å². The highest BCUT2D eigenvalue weighted by Gasteiger charge is 2.53. The molecule has 3 saturated heterocycles. The summed E-state index contributed by atoms with van der Waals surface area (Å²) in [5, 5.41) is 120. The number of rotatable bonds is 46. The second-order valence-electron chi connectivity index (χ2n) is 22.5. The highest BCUT2D eigenvalue weighted by atomic mass is 16.8. The monoisotopic (exact) mass is 1230 g/mol. The zero-order valence-corrected chi connectivity index (χ0v) is 51.9. The Morgan fingerprint density at radius 3 is 1.29 bits per heavy atom. The maximum Gasteiger partial charge on any atom is 0.220 e. The lowest BCUT2D eigenvalue weighted by Gasteiger charge is -2.48.